The van der Waals surface area contributed by atoms with Crippen LogP contribution in [0.3, 0.4) is 0 Å². The molecule has 24 heavy (non-hydrogen) atoms. The maximum atomic E-state index is 10.3. The van der Waals surface area contributed by atoms with Gasteiger partial charge in [-0.2, -0.15) is 0 Å². The summed E-state index contributed by atoms with van der Waals surface area (Å²) in [7, 11) is 0. The highest BCUT2D eigenvalue weighted by Crippen LogP contribution is 2.07. The normalized spacial score (nSPS) is 13.8. The molecule has 0 aliphatic rings. The van der Waals surface area contributed by atoms with Gasteiger partial charge in [0.1, 0.15) is 6.10 Å². The fraction of sp³-hybridized carbons (Fsp3) is 0.550. The van der Waals surface area contributed by atoms with Gasteiger partial charge in [-0.3, -0.25) is 10.1 Å². The van der Waals surface area contributed by atoms with Crippen molar-refractivity contribution < 1.29 is 20.0 Å². The molecule has 0 fully saturated rings. The van der Waals surface area contributed by atoms with Gasteiger partial charge in [-0.05, 0) is 32.1 Å². The molecule has 0 rings (SSSR count). The van der Waals surface area contributed by atoms with E-state index in [1.165, 1.54) is 0 Å². The van der Waals surface area contributed by atoms with Crippen molar-refractivity contribution in [2.24, 2.45) is 0 Å². The fourth-order valence-electron chi connectivity index (χ4n) is 2.06. The lowest BCUT2D eigenvalue weighted by Crippen LogP contribution is -2.06. The standard InChI is InChI=1S/C20H32O4/c1-2-3-13-16-19(24-23)17-14-11-9-7-5-4-6-8-10-12-15-18-20(21)22/h4-5,8-11,14,17,19,23H,2-3,6-7,12-13,15-16,18H2,1H3,(H,21,22)/b5-4+,10-8+,11-9+,17-14+. The molecule has 0 aliphatic heterocycles. The maximum absolute atomic E-state index is 10.3. The van der Waals surface area contributed by atoms with Gasteiger partial charge < -0.3 is 5.11 Å². The molecule has 0 aromatic rings. The predicted molar refractivity (Wildman–Crippen MR) is 98.9 cm³/mol. The number of carboxylic acids is 1. The fourth-order valence-corrected chi connectivity index (χ4v) is 2.06. The summed E-state index contributed by atoms with van der Waals surface area (Å²) in [4.78, 5) is 14.8. The first-order chi connectivity index (χ1) is 11.7. The van der Waals surface area contributed by atoms with Crippen LogP contribution < -0.4 is 0 Å². The van der Waals surface area contributed by atoms with Gasteiger partial charge in [0, 0.05) is 6.42 Å². The molecule has 0 saturated carbocycles. The van der Waals surface area contributed by atoms with Gasteiger partial charge in [0.25, 0.3) is 0 Å². The van der Waals surface area contributed by atoms with E-state index >= 15 is 0 Å². The van der Waals surface area contributed by atoms with E-state index in [9.17, 15) is 4.79 Å². The van der Waals surface area contributed by atoms with Crippen molar-refractivity contribution in [2.75, 3.05) is 0 Å². The lowest BCUT2D eigenvalue weighted by Gasteiger charge is -2.07. The highest BCUT2D eigenvalue weighted by molar-refractivity contribution is 5.66. The molecule has 0 aliphatic carbocycles. The highest BCUT2D eigenvalue weighted by Gasteiger charge is 2.02. The number of rotatable bonds is 15. The summed E-state index contributed by atoms with van der Waals surface area (Å²) in [6.45, 7) is 2.15. The SMILES string of the molecule is CCCCCC(/C=C/C=C/C/C=C/C/C=C/CCCC(=O)O)OO. The van der Waals surface area contributed by atoms with Crippen LogP contribution in [-0.2, 0) is 9.68 Å². The van der Waals surface area contributed by atoms with Crippen LogP contribution in [0.1, 0.15) is 64.7 Å². The Morgan fingerprint density at radius 2 is 1.71 bits per heavy atom. The van der Waals surface area contributed by atoms with E-state index in [0.717, 1.165) is 44.9 Å². The summed E-state index contributed by atoms with van der Waals surface area (Å²) in [5.41, 5.74) is 0. The van der Waals surface area contributed by atoms with Crippen LogP contribution >= 0.6 is 0 Å². The van der Waals surface area contributed by atoms with Crippen molar-refractivity contribution in [3.8, 4) is 0 Å². The molecular formula is C20H32O4. The molecule has 0 saturated heterocycles. The minimum atomic E-state index is -0.734. The van der Waals surface area contributed by atoms with Crippen molar-refractivity contribution in [3.63, 3.8) is 0 Å². The van der Waals surface area contributed by atoms with E-state index in [1.807, 2.05) is 30.4 Å². The van der Waals surface area contributed by atoms with Crippen molar-refractivity contribution in [2.45, 2.75) is 70.8 Å². The van der Waals surface area contributed by atoms with Gasteiger partial charge in [0.05, 0.1) is 0 Å². The number of hydrogen-bond acceptors (Lipinski definition) is 3. The molecule has 0 heterocycles. The lowest BCUT2D eigenvalue weighted by atomic mass is 10.1. The quantitative estimate of drug-likeness (QED) is 0.133. The van der Waals surface area contributed by atoms with Gasteiger partial charge in [-0.25, -0.2) is 4.89 Å². The molecule has 136 valence electrons. The van der Waals surface area contributed by atoms with E-state index < -0.39 is 5.97 Å². The first-order valence-electron chi connectivity index (χ1n) is 8.86. The first kappa shape index (κ1) is 22.4. The second kappa shape index (κ2) is 17.7. The largest absolute Gasteiger partial charge is 0.481 e. The molecule has 0 spiro atoms. The van der Waals surface area contributed by atoms with E-state index in [4.69, 9.17) is 10.4 Å². The summed E-state index contributed by atoms with van der Waals surface area (Å²) < 4.78 is 0. The van der Waals surface area contributed by atoms with Gasteiger partial charge >= 0.3 is 5.97 Å². The molecular weight excluding hydrogens is 304 g/mol. The van der Waals surface area contributed by atoms with Crippen molar-refractivity contribution >= 4 is 5.97 Å². The van der Waals surface area contributed by atoms with Crippen molar-refractivity contribution in [1.29, 1.82) is 0 Å². The van der Waals surface area contributed by atoms with Crippen LogP contribution in [0, 0.1) is 0 Å². The van der Waals surface area contributed by atoms with E-state index in [0.29, 0.717) is 6.42 Å². The van der Waals surface area contributed by atoms with Crippen LogP contribution in [0.2, 0.25) is 0 Å². The number of carbonyl (C=O) groups is 1. The average Bonchev–Trinajstić information content (AvgIpc) is 2.57. The topological polar surface area (TPSA) is 66.8 Å². The predicted octanol–water partition coefficient (Wildman–Crippen LogP) is 5.68. The van der Waals surface area contributed by atoms with Crippen LogP contribution in [0.15, 0.2) is 48.6 Å². The zero-order valence-corrected chi connectivity index (χ0v) is 14.8. The van der Waals surface area contributed by atoms with Gasteiger partial charge in [0.2, 0.25) is 0 Å². The zero-order valence-electron chi connectivity index (χ0n) is 14.8. The van der Waals surface area contributed by atoms with Gasteiger partial charge in [-0.1, -0.05) is 74.8 Å². The van der Waals surface area contributed by atoms with Crippen molar-refractivity contribution in [3.05, 3.63) is 48.6 Å². The van der Waals surface area contributed by atoms with Crippen LogP contribution in [0.25, 0.3) is 0 Å². The molecule has 4 nitrogen and oxygen atoms in total. The molecule has 1 unspecified atom stereocenters. The Kier molecular flexibility index (Phi) is 16.5. The Bertz CT molecular complexity index is 408. The van der Waals surface area contributed by atoms with Crippen LogP contribution in [0.5, 0.6) is 0 Å². The van der Waals surface area contributed by atoms with Crippen molar-refractivity contribution in [1.82, 2.24) is 0 Å². The van der Waals surface area contributed by atoms with Crippen LogP contribution in [0.4, 0.5) is 0 Å². The average molecular weight is 336 g/mol. The smallest absolute Gasteiger partial charge is 0.303 e. The number of aliphatic carboxylic acids is 1. The molecule has 0 amide bonds. The maximum Gasteiger partial charge on any atom is 0.303 e. The van der Waals surface area contributed by atoms with Gasteiger partial charge in [0.15, 0.2) is 0 Å². The molecule has 0 radical (unpaired) electrons. The number of hydrogen-bond donors (Lipinski definition) is 2. The molecule has 1 atom stereocenters. The third-order valence-corrected chi connectivity index (χ3v) is 3.44. The van der Waals surface area contributed by atoms with E-state index in [-0.39, 0.29) is 12.5 Å². The molecule has 2 N–H and O–H groups in total. The van der Waals surface area contributed by atoms with Gasteiger partial charge in [-0.15, -0.1) is 0 Å². The Morgan fingerprint density at radius 3 is 2.38 bits per heavy atom. The van der Waals surface area contributed by atoms with Crippen LogP contribution in [-0.4, -0.2) is 22.4 Å². The van der Waals surface area contributed by atoms with E-state index in [1.54, 1.807) is 0 Å². The Labute approximate surface area is 146 Å². The molecule has 0 aromatic heterocycles. The Hall–Kier alpha value is -1.65. The number of unbranched alkanes of at least 4 members (excludes halogenated alkanes) is 3. The molecule has 0 bridgehead atoms. The second-order valence-electron chi connectivity index (χ2n) is 5.65. The van der Waals surface area contributed by atoms with E-state index in [2.05, 4.69) is 30.0 Å². The Balaban J connectivity index is 3.70. The number of carboxylic acid groups (broad SMARTS) is 1. The molecule has 0 aromatic carbocycles. The second-order valence-corrected chi connectivity index (χ2v) is 5.65. The lowest BCUT2D eigenvalue weighted by molar-refractivity contribution is -0.267. The molecule has 4 heteroatoms. The summed E-state index contributed by atoms with van der Waals surface area (Å²) in [5.74, 6) is -0.734. The number of allylic oxidation sites excluding steroid dienone is 7. The monoisotopic (exact) mass is 336 g/mol. The third kappa shape index (κ3) is 16.7. The third-order valence-electron chi connectivity index (χ3n) is 3.44. The highest BCUT2D eigenvalue weighted by atomic mass is 17.1. The minimum Gasteiger partial charge on any atom is -0.481 e. The minimum absolute atomic E-state index is 0.219. The summed E-state index contributed by atoms with van der Waals surface area (Å²) >= 11 is 0. The summed E-state index contributed by atoms with van der Waals surface area (Å²) in [6, 6.07) is 0. The summed E-state index contributed by atoms with van der Waals surface area (Å²) in [5, 5.41) is 17.3. The summed E-state index contributed by atoms with van der Waals surface area (Å²) in [6.07, 6.45) is 23.5. The zero-order chi connectivity index (χ0) is 17.9. The Morgan fingerprint density at radius 1 is 1.00 bits per heavy atom. The first-order valence-corrected chi connectivity index (χ1v) is 8.86.